The van der Waals surface area contributed by atoms with Gasteiger partial charge in [-0.2, -0.15) is 0 Å². The van der Waals surface area contributed by atoms with Gasteiger partial charge in [-0.05, 0) is 55.5 Å². The Morgan fingerprint density at radius 3 is 2.52 bits per heavy atom. The Morgan fingerprint density at radius 2 is 1.85 bits per heavy atom. The molecule has 1 N–H and O–H groups in total. The Labute approximate surface area is 156 Å². The van der Waals surface area contributed by atoms with Crippen LogP contribution in [0.5, 0.6) is 5.75 Å². The number of hydrogen-bond acceptors (Lipinski definition) is 5. The number of esters is 1. The van der Waals surface area contributed by atoms with Crippen molar-refractivity contribution in [2.45, 2.75) is 13.5 Å². The van der Waals surface area contributed by atoms with E-state index in [0.29, 0.717) is 17.0 Å². The normalized spacial score (nSPS) is 10.3. The number of anilines is 1. The minimum atomic E-state index is -0.456. The lowest BCUT2D eigenvalue weighted by Gasteiger charge is -2.10. The van der Waals surface area contributed by atoms with Crippen LogP contribution in [0.4, 0.5) is 5.69 Å². The Balaban J connectivity index is 1.61. The van der Waals surface area contributed by atoms with Gasteiger partial charge in [-0.3, -0.25) is 4.79 Å². The highest BCUT2D eigenvalue weighted by Gasteiger charge is 2.12. The van der Waals surface area contributed by atoms with Gasteiger partial charge in [0.05, 0.1) is 18.9 Å². The number of rotatable bonds is 6. The molecule has 0 aliphatic rings. The van der Waals surface area contributed by atoms with Gasteiger partial charge in [0.2, 0.25) is 0 Å². The molecule has 0 bridgehead atoms. The number of ether oxygens (including phenoxy) is 2. The van der Waals surface area contributed by atoms with Crippen molar-refractivity contribution in [2.75, 3.05) is 12.4 Å². The molecule has 0 spiro atoms. The van der Waals surface area contributed by atoms with Crippen LogP contribution >= 0.6 is 0 Å². The summed E-state index contributed by atoms with van der Waals surface area (Å²) >= 11 is 0. The molecule has 138 valence electrons. The molecule has 3 rings (SSSR count). The lowest BCUT2D eigenvalue weighted by molar-refractivity contribution is 0.0470. The van der Waals surface area contributed by atoms with Crippen molar-refractivity contribution < 1.29 is 23.5 Å². The molecule has 0 radical (unpaired) electrons. The maximum absolute atomic E-state index is 12.3. The monoisotopic (exact) mass is 365 g/mol. The van der Waals surface area contributed by atoms with Crippen molar-refractivity contribution in [3.8, 4) is 5.75 Å². The quantitative estimate of drug-likeness (QED) is 0.662. The largest absolute Gasteiger partial charge is 0.496 e. The van der Waals surface area contributed by atoms with E-state index >= 15 is 0 Å². The maximum atomic E-state index is 12.3. The fraction of sp³-hybridized carbons (Fsp3) is 0.143. The second-order valence-corrected chi connectivity index (χ2v) is 5.90. The molecule has 0 unspecified atom stereocenters. The van der Waals surface area contributed by atoms with Gasteiger partial charge in [0.1, 0.15) is 12.4 Å². The van der Waals surface area contributed by atoms with Crippen LogP contribution in [0.15, 0.2) is 65.3 Å². The highest BCUT2D eigenvalue weighted by atomic mass is 16.5. The highest BCUT2D eigenvalue weighted by Crippen LogP contribution is 2.21. The predicted molar refractivity (Wildman–Crippen MR) is 100.0 cm³/mol. The lowest BCUT2D eigenvalue weighted by Crippen LogP contribution is -2.11. The second kappa shape index (κ2) is 8.23. The zero-order valence-electron chi connectivity index (χ0n) is 15.0. The Bertz CT molecular complexity index is 930. The van der Waals surface area contributed by atoms with E-state index in [-0.39, 0.29) is 18.3 Å². The van der Waals surface area contributed by atoms with E-state index in [9.17, 15) is 9.59 Å². The molecule has 1 amide bonds. The van der Waals surface area contributed by atoms with Crippen LogP contribution in [0.25, 0.3) is 0 Å². The first-order valence-electron chi connectivity index (χ1n) is 8.32. The van der Waals surface area contributed by atoms with Crippen LogP contribution < -0.4 is 10.1 Å². The molecule has 1 aromatic heterocycles. The van der Waals surface area contributed by atoms with Gasteiger partial charge in [0.15, 0.2) is 5.76 Å². The first-order chi connectivity index (χ1) is 13.1. The van der Waals surface area contributed by atoms with Gasteiger partial charge in [-0.15, -0.1) is 0 Å². The molecule has 6 heteroatoms. The Hall–Kier alpha value is -3.54. The van der Waals surface area contributed by atoms with Gasteiger partial charge in [-0.1, -0.05) is 11.6 Å². The van der Waals surface area contributed by atoms with Crippen LogP contribution in [-0.2, 0) is 11.3 Å². The van der Waals surface area contributed by atoms with Crippen molar-refractivity contribution in [2.24, 2.45) is 0 Å². The van der Waals surface area contributed by atoms with Crippen LogP contribution in [0.3, 0.4) is 0 Å². The summed E-state index contributed by atoms with van der Waals surface area (Å²) < 4.78 is 15.7. The van der Waals surface area contributed by atoms with E-state index < -0.39 is 5.97 Å². The zero-order valence-corrected chi connectivity index (χ0v) is 15.0. The third kappa shape index (κ3) is 4.55. The molecule has 6 nitrogen and oxygen atoms in total. The van der Waals surface area contributed by atoms with Gasteiger partial charge < -0.3 is 19.2 Å². The molecule has 2 aromatic carbocycles. The number of methoxy groups -OCH3 is 1. The van der Waals surface area contributed by atoms with E-state index in [0.717, 1.165) is 11.1 Å². The Kier molecular flexibility index (Phi) is 5.56. The molecule has 0 aliphatic heterocycles. The number of nitrogens with one attached hydrogen (secondary N) is 1. The highest BCUT2D eigenvalue weighted by molar-refractivity contribution is 6.02. The summed E-state index contributed by atoms with van der Waals surface area (Å²) in [6.45, 7) is 2.07. The molecule has 0 aliphatic carbocycles. The van der Waals surface area contributed by atoms with Crippen LogP contribution in [-0.4, -0.2) is 19.0 Å². The maximum Gasteiger partial charge on any atom is 0.338 e. The summed E-state index contributed by atoms with van der Waals surface area (Å²) in [7, 11) is 1.58. The first kappa shape index (κ1) is 18.3. The molecule has 0 saturated carbocycles. The molecule has 1 heterocycles. The molecule has 0 atom stereocenters. The second-order valence-electron chi connectivity index (χ2n) is 5.90. The van der Waals surface area contributed by atoms with E-state index in [1.165, 1.54) is 6.26 Å². The third-order valence-electron chi connectivity index (χ3n) is 3.92. The molecule has 3 aromatic rings. The SMILES string of the molecule is COc1ccc(C)cc1COC(=O)c1ccc(NC(=O)c2ccco2)cc1. The summed E-state index contributed by atoms with van der Waals surface area (Å²) in [5.41, 5.74) is 2.79. The van der Waals surface area contributed by atoms with E-state index in [1.54, 1.807) is 43.5 Å². The number of carbonyl (C=O) groups is 2. The summed E-state index contributed by atoms with van der Waals surface area (Å²) in [6.07, 6.45) is 1.43. The number of hydrogen-bond donors (Lipinski definition) is 1. The average Bonchev–Trinajstić information content (AvgIpc) is 3.22. The van der Waals surface area contributed by atoms with Gasteiger partial charge in [0, 0.05) is 11.3 Å². The fourth-order valence-corrected chi connectivity index (χ4v) is 2.54. The number of amides is 1. The fourth-order valence-electron chi connectivity index (χ4n) is 2.54. The topological polar surface area (TPSA) is 77.8 Å². The van der Waals surface area contributed by atoms with Gasteiger partial charge >= 0.3 is 5.97 Å². The van der Waals surface area contributed by atoms with E-state index in [1.807, 2.05) is 25.1 Å². The van der Waals surface area contributed by atoms with Crippen molar-refractivity contribution in [1.29, 1.82) is 0 Å². The summed E-state index contributed by atoms with van der Waals surface area (Å²) in [5, 5.41) is 2.69. The van der Waals surface area contributed by atoms with Crippen molar-refractivity contribution >= 4 is 17.6 Å². The lowest BCUT2D eigenvalue weighted by atomic mass is 10.1. The average molecular weight is 365 g/mol. The summed E-state index contributed by atoms with van der Waals surface area (Å²) in [6, 6.07) is 15.3. The summed E-state index contributed by atoms with van der Waals surface area (Å²) in [5.74, 6) is 0.0688. The predicted octanol–water partition coefficient (Wildman–Crippen LogP) is 4.21. The summed E-state index contributed by atoms with van der Waals surface area (Å²) in [4.78, 5) is 24.2. The standard InChI is InChI=1S/C21H19NO5/c1-14-5-10-18(25-2)16(12-14)13-27-21(24)15-6-8-17(9-7-15)22-20(23)19-4-3-11-26-19/h3-12H,13H2,1-2H3,(H,22,23). The number of aryl methyl sites for hydroxylation is 1. The van der Waals surface area contributed by atoms with Crippen molar-refractivity contribution in [1.82, 2.24) is 0 Å². The van der Waals surface area contributed by atoms with E-state index in [2.05, 4.69) is 5.32 Å². The minimum Gasteiger partial charge on any atom is -0.496 e. The van der Waals surface area contributed by atoms with Crippen LogP contribution in [0.1, 0.15) is 32.0 Å². The smallest absolute Gasteiger partial charge is 0.338 e. The molecular weight excluding hydrogens is 346 g/mol. The minimum absolute atomic E-state index is 0.112. The van der Waals surface area contributed by atoms with Crippen molar-refractivity contribution in [3.05, 3.63) is 83.3 Å². The number of carbonyl (C=O) groups excluding carboxylic acids is 2. The van der Waals surface area contributed by atoms with Crippen LogP contribution in [0.2, 0.25) is 0 Å². The van der Waals surface area contributed by atoms with Crippen molar-refractivity contribution in [3.63, 3.8) is 0 Å². The molecule has 0 fully saturated rings. The zero-order chi connectivity index (χ0) is 19.2. The molecule has 27 heavy (non-hydrogen) atoms. The number of benzene rings is 2. The Morgan fingerprint density at radius 1 is 1.07 bits per heavy atom. The first-order valence-corrected chi connectivity index (χ1v) is 8.32. The molecular formula is C21H19NO5. The third-order valence-corrected chi connectivity index (χ3v) is 3.92. The van der Waals surface area contributed by atoms with Gasteiger partial charge in [-0.25, -0.2) is 4.79 Å². The molecule has 0 saturated heterocycles. The van der Waals surface area contributed by atoms with Crippen LogP contribution in [0, 0.1) is 6.92 Å². The number of furan rings is 1. The van der Waals surface area contributed by atoms with Gasteiger partial charge in [0.25, 0.3) is 5.91 Å². The van der Waals surface area contributed by atoms with E-state index in [4.69, 9.17) is 13.9 Å².